The molecule has 0 spiro atoms. The van der Waals surface area contributed by atoms with Gasteiger partial charge in [0.15, 0.2) is 11.5 Å². The van der Waals surface area contributed by atoms with Crippen LogP contribution in [0.5, 0.6) is 11.5 Å². The highest BCUT2D eigenvalue weighted by atomic mass is 16.5. The third-order valence-corrected chi connectivity index (χ3v) is 7.51. The maximum atomic E-state index is 13.0. The van der Waals surface area contributed by atoms with Crippen LogP contribution in [0.15, 0.2) is 77.9 Å². The first-order chi connectivity index (χ1) is 17.1. The van der Waals surface area contributed by atoms with Crippen molar-refractivity contribution in [2.24, 2.45) is 28.8 Å². The van der Waals surface area contributed by atoms with Crippen LogP contribution in [0.1, 0.15) is 24.0 Å². The Kier molecular flexibility index (Phi) is 5.36. The topological polar surface area (TPSA) is 68.2 Å². The van der Waals surface area contributed by atoms with E-state index in [-0.39, 0.29) is 35.5 Å². The Balaban J connectivity index is 1.19. The first-order valence-corrected chi connectivity index (χ1v) is 12.0. The molecule has 6 nitrogen and oxygen atoms in total. The monoisotopic (exact) mass is 466 g/mol. The molecule has 0 unspecified atom stereocenters. The Hall–Kier alpha value is -3.93. The number of benzene rings is 3. The molecule has 4 aliphatic rings. The van der Waals surface area contributed by atoms with Gasteiger partial charge >= 0.3 is 0 Å². The van der Waals surface area contributed by atoms with Crippen molar-refractivity contribution in [2.45, 2.75) is 19.4 Å². The van der Waals surface area contributed by atoms with Crippen molar-refractivity contribution in [1.82, 2.24) is 5.01 Å². The van der Waals surface area contributed by atoms with Gasteiger partial charge in [0, 0.05) is 0 Å². The zero-order valence-electron chi connectivity index (χ0n) is 19.5. The molecule has 6 heteroatoms. The maximum Gasteiger partial charge on any atom is 0.254 e. The maximum absolute atomic E-state index is 13.0. The van der Waals surface area contributed by atoms with Crippen LogP contribution in [-0.2, 0) is 16.2 Å². The molecule has 3 aliphatic carbocycles. The van der Waals surface area contributed by atoms with Gasteiger partial charge in [-0.25, -0.2) is 0 Å². The van der Waals surface area contributed by atoms with E-state index in [0.717, 1.165) is 34.4 Å². The summed E-state index contributed by atoms with van der Waals surface area (Å²) in [5, 5.41) is 7.69. The number of hydrazone groups is 1. The zero-order valence-corrected chi connectivity index (χ0v) is 19.5. The van der Waals surface area contributed by atoms with E-state index in [1.165, 1.54) is 5.39 Å². The van der Waals surface area contributed by atoms with Crippen LogP contribution in [0.25, 0.3) is 10.8 Å². The standard InChI is InChI=1S/C29H26N2O4/c1-34-25-15-18(9-14-24(25)35-17-22-7-4-6-19-5-2-3-8-23(19)22)16-30-31-28(32)26-20-10-11-21(13-12-20)27(26)29(31)33/h2-11,14-16,20-21,26-27H,12-13,17H2,1H3/b30-16-/t20-,21-,26+,27+/m0/s1. The summed E-state index contributed by atoms with van der Waals surface area (Å²) < 4.78 is 11.6. The van der Waals surface area contributed by atoms with Crippen LogP contribution >= 0.6 is 0 Å². The highest BCUT2D eigenvalue weighted by molar-refractivity contribution is 6.06. The Morgan fingerprint density at radius 3 is 2.34 bits per heavy atom. The summed E-state index contributed by atoms with van der Waals surface area (Å²) in [4.78, 5) is 25.9. The number of allylic oxidation sites excluding steroid dienone is 2. The molecule has 4 atom stereocenters. The highest BCUT2D eigenvalue weighted by Crippen LogP contribution is 2.49. The molecular weight excluding hydrogens is 440 g/mol. The van der Waals surface area contributed by atoms with E-state index in [1.54, 1.807) is 19.4 Å². The molecule has 0 N–H and O–H groups in total. The van der Waals surface area contributed by atoms with Gasteiger partial charge in [0.1, 0.15) is 6.61 Å². The number of carbonyl (C=O) groups is 2. The number of imide groups is 1. The second-order valence-corrected chi connectivity index (χ2v) is 9.41. The van der Waals surface area contributed by atoms with Crippen molar-refractivity contribution in [2.75, 3.05) is 7.11 Å². The number of methoxy groups -OCH3 is 1. The van der Waals surface area contributed by atoms with Gasteiger partial charge in [0.25, 0.3) is 11.8 Å². The molecule has 35 heavy (non-hydrogen) atoms. The van der Waals surface area contributed by atoms with E-state index >= 15 is 0 Å². The minimum absolute atomic E-state index is 0.153. The van der Waals surface area contributed by atoms with E-state index < -0.39 is 0 Å². The average Bonchev–Trinajstić information content (AvgIpc) is 3.18. The number of hydrogen-bond acceptors (Lipinski definition) is 5. The summed E-state index contributed by atoms with van der Waals surface area (Å²) in [6.07, 6.45) is 7.69. The average molecular weight is 467 g/mol. The van der Waals surface area contributed by atoms with Crippen molar-refractivity contribution < 1.29 is 19.1 Å². The molecule has 3 aromatic carbocycles. The fourth-order valence-electron chi connectivity index (χ4n) is 5.75. The molecule has 0 radical (unpaired) electrons. The number of fused-ring (bicyclic) bond motifs is 2. The SMILES string of the molecule is COc1cc(/C=N\N2C(=O)[C@H]3[C@H](C2=O)[C@H]2C=C[C@H]3CC2)ccc1OCc1cccc2ccccc12. The van der Waals surface area contributed by atoms with Gasteiger partial charge in [-0.3, -0.25) is 9.59 Å². The molecular formula is C29H26N2O4. The second kappa shape index (κ2) is 8.69. The fourth-order valence-corrected chi connectivity index (χ4v) is 5.75. The molecule has 2 fully saturated rings. The van der Waals surface area contributed by atoms with Crippen LogP contribution < -0.4 is 9.47 Å². The van der Waals surface area contributed by atoms with E-state index in [1.807, 2.05) is 30.3 Å². The fraction of sp³-hybridized carbons (Fsp3) is 0.276. The molecule has 176 valence electrons. The molecule has 3 aromatic rings. The predicted molar refractivity (Wildman–Crippen MR) is 133 cm³/mol. The van der Waals surface area contributed by atoms with Gasteiger partial charge in [-0.1, -0.05) is 54.6 Å². The summed E-state index contributed by atoms with van der Waals surface area (Å²) >= 11 is 0. The van der Waals surface area contributed by atoms with Crippen LogP contribution in [-0.4, -0.2) is 30.1 Å². The molecule has 2 amide bonds. The Morgan fingerprint density at radius 1 is 0.914 bits per heavy atom. The van der Waals surface area contributed by atoms with E-state index in [4.69, 9.17) is 9.47 Å². The Labute approximate surface area is 203 Å². The first kappa shape index (κ1) is 21.6. The molecule has 1 saturated carbocycles. The van der Waals surface area contributed by atoms with Crippen molar-refractivity contribution in [3.05, 3.63) is 83.9 Å². The molecule has 1 saturated heterocycles. The normalized spacial score (nSPS) is 25.0. The first-order valence-electron chi connectivity index (χ1n) is 12.0. The van der Waals surface area contributed by atoms with Crippen LogP contribution in [0.3, 0.4) is 0 Å². The van der Waals surface area contributed by atoms with Crippen LogP contribution in [0, 0.1) is 23.7 Å². The van der Waals surface area contributed by atoms with Crippen LogP contribution in [0.2, 0.25) is 0 Å². The summed E-state index contributed by atoms with van der Waals surface area (Å²) in [5.74, 6) is 0.587. The van der Waals surface area contributed by atoms with Gasteiger partial charge in [0.05, 0.1) is 25.2 Å². The lowest BCUT2D eigenvalue weighted by Crippen LogP contribution is -2.38. The summed E-state index contributed by atoms with van der Waals surface area (Å²) in [5.41, 5.74) is 1.81. The Morgan fingerprint density at radius 2 is 1.63 bits per heavy atom. The van der Waals surface area contributed by atoms with Crippen molar-refractivity contribution in [3.8, 4) is 11.5 Å². The Bertz CT molecular complexity index is 1340. The van der Waals surface area contributed by atoms with Crippen molar-refractivity contribution in [1.29, 1.82) is 0 Å². The number of carbonyl (C=O) groups excluding carboxylic acids is 2. The molecule has 1 heterocycles. The van der Waals surface area contributed by atoms with Gasteiger partial charge in [-0.05, 0) is 64.8 Å². The van der Waals surface area contributed by atoms with Crippen molar-refractivity contribution in [3.63, 3.8) is 0 Å². The summed E-state index contributed by atoms with van der Waals surface area (Å²) in [6, 6.07) is 19.8. The van der Waals surface area contributed by atoms with Crippen LogP contribution in [0.4, 0.5) is 0 Å². The van der Waals surface area contributed by atoms with Gasteiger partial charge in [-0.2, -0.15) is 10.1 Å². The summed E-state index contributed by atoms with van der Waals surface area (Å²) in [6.45, 7) is 0.404. The van der Waals surface area contributed by atoms with Gasteiger partial charge in [-0.15, -0.1) is 0 Å². The lowest BCUT2D eigenvalue weighted by Gasteiger charge is -2.37. The quantitative estimate of drug-likeness (QED) is 0.293. The van der Waals surface area contributed by atoms with E-state index in [0.29, 0.717) is 18.1 Å². The predicted octanol–water partition coefficient (Wildman–Crippen LogP) is 4.96. The third-order valence-electron chi connectivity index (χ3n) is 7.51. The molecule has 7 rings (SSSR count). The number of ether oxygens (including phenoxy) is 2. The number of rotatable bonds is 6. The number of nitrogens with zero attached hydrogens (tertiary/aromatic N) is 2. The van der Waals surface area contributed by atoms with Gasteiger partial charge < -0.3 is 9.47 Å². The number of hydrogen-bond donors (Lipinski definition) is 0. The molecule has 1 aliphatic heterocycles. The highest BCUT2D eigenvalue weighted by Gasteiger charge is 2.56. The lowest BCUT2D eigenvalue weighted by molar-refractivity contribution is -0.140. The molecule has 0 aromatic heterocycles. The lowest BCUT2D eigenvalue weighted by atomic mass is 9.63. The third kappa shape index (κ3) is 3.70. The smallest absolute Gasteiger partial charge is 0.254 e. The van der Waals surface area contributed by atoms with E-state index in [9.17, 15) is 9.59 Å². The molecule has 2 bridgehead atoms. The minimum atomic E-state index is -0.261. The summed E-state index contributed by atoms with van der Waals surface area (Å²) in [7, 11) is 1.59. The largest absolute Gasteiger partial charge is 0.493 e. The second-order valence-electron chi connectivity index (χ2n) is 9.41. The van der Waals surface area contributed by atoms with Crippen molar-refractivity contribution >= 4 is 28.8 Å². The van der Waals surface area contributed by atoms with Gasteiger partial charge in [0.2, 0.25) is 0 Å². The zero-order chi connectivity index (χ0) is 23.9. The number of amides is 2. The minimum Gasteiger partial charge on any atom is -0.493 e. The van der Waals surface area contributed by atoms with E-state index in [2.05, 4.69) is 41.5 Å².